The fourth-order valence-corrected chi connectivity index (χ4v) is 3.76. The number of fused-ring (bicyclic) bond motifs is 1. The molecule has 1 aliphatic heterocycles. The van der Waals surface area contributed by atoms with Crippen LogP contribution < -0.4 is 5.32 Å². The van der Waals surface area contributed by atoms with Crippen LogP contribution >= 0.6 is 11.8 Å². The fraction of sp³-hybridized carbons (Fsp3) is 0.294. The van der Waals surface area contributed by atoms with Crippen molar-refractivity contribution in [3.8, 4) is 0 Å². The largest absolute Gasteiger partial charge is 0.392 e. The molecule has 2 nitrogen and oxygen atoms in total. The van der Waals surface area contributed by atoms with Gasteiger partial charge in [0.05, 0.1) is 6.61 Å². The van der Waals surface area contributed by atoms with Crippen LogP contribution in [0, 0.1) is 0 Å². The highest BCUT2D eigenvalue weighted by atomic mass is 32.2. The summed E-state index contributed by atoms with van der Waals surface area (Å²) in [6.45, 7) is 0.953. The molecule has 3 heteroatoms. The van der Waals surface area contributed by atoms with Crippen LogP contribution in [0.15, 0.2) is 53.4 Å². The summed E-state index contributed by atoms with van der Waals surface area (Å²) in [6, 6.07) is 17.2. The SMILES string of the molecule is OCc1cccc(CNC2CCSc3ccccc32)c1. The fourth-order valence-electron chi connectivity index (χ4n) is 2.63. The van der Waals surface area contributed by atoms with Crippen LogP contribution in [0.25, 0.3) is 0 Å². The molecule has 0 aliphatic carbocycles. The Morgan fingerprint density at radius 1 is 1.10 bits per heavy atom. The van der Waals surface area contributed by atoms with Crippen LogP contribution in [0.2, 0.25) is 0 Å². The molecule has 2 aromatic rings. The lowest BCUT2D eigenvalue weighted by Gasteiger charge is -2.26. The normalized spacial score (nSPS) is 17.8. The zero-order chi connectivity index (χ0) is 13.8. The molecule has 20 heavy (non-hydrogen) atoms. The van der Waals surface area contributed by atoms with Gasteiger partial charge in [0.2, 0.25) is 0 Å². The van der Waals surface area contributed by atoms with E-state index in [1.165, 1.54) is 28.2 Å². The Labute approximate surface area is 124 Å². The van der Waals surface area contributed by atoms with Crippen LogP contribution in [0.4, 0.5) is 0 Å². The third kappa shape index (κ3) is 3.06. The van der Waals surface area contributed by atoms with E-state index in [1.807, 2.05) is 23.9 Å². The molecule has 0 spiro atoms. The lowest BCUT2D eigenvalue weighted by Crippen LogP contribution is -2.24. The lowest BCUT2D eigenvalue weighted by atomic mass is 10.0. The van der Waals surface area contributed by atoms with Crippen LogP contribution in [0.3, 0.4) is 0 Å². The summed E-state index contributed by atoms with van der Waals surface area (Å²) in [5, 5.41) is 12.8. The molecule has 1 atom stereocenters. The molecule has 0 bridgehead atoms. The molecule has 0 radical (unpaired) electrons. The number of nitrogens with one attached hydrogen (secondary N) is 1. The Balaban J connectivity index is 1.70. The van der Waals surface area contributed by atoms with Gasteiger partial charge in [-0.05, 0) is 34.9 Å². The minimum Gasteiger partial charge on any atom is -0.392 e. The number of aliphatic hydroxyl groups is 1. The van der Waals surface area contributed by atoms with E-state index < -0.39 is 0 Å². The second-order valence-electron chi connectivity index (χ2n) is 5.09. The summed E-state index contributed by atoms with van der Waals surface area (Å²) in [7, 11) is 0. The molecular weight excluding hydrogens is 266 g/mol. The van der Waals surface area contributed by atoms with Crippen molar-refractivity contribution in [1.29, 1.82) is 0 Å². The Morgan fingerprint density at radius 3 is 2.85 bits per heavy atom. The molecular formula is C17H19NOS. The van der Waals surface area contributed by atoms with E-state index in [2.05, 4.69) is 41.7 Å². The highest BCUT2D eigenvalue weighted by Gasteiger charge is 2.19. The molecule has 2 N–H and O–H groups in total. The van der Waals surface area contributed by atoms with Gasteiger partial charge in [0, 0.05) is 17.5 Å². The maximum Gasteiger partial charge on any atom is 0.0681 e. The molecule has 0 amide bonds. The van der Waals surface area contributed by atoms with Gasteiger partial charge in [-0.25, -0.2) is 0 Å². The van der Waals surface area contributed by atoms with Gasteiger partial charge in [-0.15, -0.1) is 11.8 Å². The first-order valence-electron chi connectivity index (χ1n) is 7.00. The van der Waals surface area contributed by atoms with Gasteiger partial charge in [0.1, 0.15) is 0 Å². The first-order valence-corrected chi connectivity index (χ1v) is 7.99. The summed E-state index contributed by atoms with van der Waals surface area (Å²) >= 11 is 1.95. The summed E-state index contributed by atoms with van der Waals surface area (Å²) in [5.74, 6) is 1.17. The Hall–Kier alpha value is -1.29. The molecule has 3 rings (SSSR count). The first kappa shape index (κ1) is 13.7. The molecule has 1 aliphatic rings. The summed E-state index contributed by atoms with van der Waals surface area (Å²) in [5.41, 5.74) is 3.62. The molecule has 1 heterocycles. The molecule has 0 saturated heterocycles. The smallest absolute Gasteiger partial charge is 0.0681 e. The third-order valence-corrected chi connectivity index (χ3v) is 4.81. The van der Waals surface area contributed by atoms with E-state index in [0.29, 0.717) is 6.04 Å². The zero-order valence-corrected chi connectivity index (χ0v) is 12.2. The van der Waals surface area contributed by atoms with Crippen molar-refractivity contribution in [3.05, 3.63) is 65.2 Å². The molecule has 0 aromatic heterocycles. The quantitative estimate of drug-likeness (QED) is 0.901. The van der Waals surface area contributed by atoms with Gasteiger partial charge in [-0.3, -0.25) is 0 Å². The second kappa shape index (κ2) is 6.44. The zero-order valence-electron chi connectivity index (χ0n) is 11.4. The predicted octanol–water partition coefficient (Wildman–Crippen LogP) is 3.51. The van der Waals surface area contributed by atoms with Crippen LogP contribution in [0.1, 0.15) is 29.2 Å². The van der Waals surface area contributed by atoms with Gasteiger partial charge in [0.25, 0.3) is 0 Å². The van der Waals surface area contributed by atoms with Crippen molar-refractivity contribution < 1.29 is 5.11 Å². The van der Waals surface area contributed by atoms with E-state index in [1.54, 1.807) is 0 Å². The number of thioether (sulfide) groups is 1. The summed E-state index contributed by atoms with van der Waals surface area (Å²) in [6.07, 6.45) is 1.17. The van der Waals surface area contributed by atoms with Crippen molar-refractivity contribution in [1.82, 2.24) is 5.32 Å². The van der Waals surface area contributed by atoms with E-state index in [4.69, 9.17) is 0 Å². The number of benzene rings is 2. The van der Waals surface area contributed by atoms with Gasteiger partial charge in [-0.1, -0.05) is 42.5 Å². The molecule has 2 aromatic carbocycles. The Bertz CT molecular complexity index is 585. The van der Waals surface area contributed by atoms with Crippen LogP contribution in [0.5, 0.6) is 0 Å². The number of aliphatic hydroxyl groups excluding tert-OH is 1. The molecule has 0 fully saturated rings. The second-order valence-corrected chi connectivity index (χ2v) is 6.22. The summed E-state index contributed by atoms with van der Waals surface area (Å²) < 4.78 is 0. The summed E-state index contributed by atoms with van der Waals surface area (Å²) in [4.78, 5) is 1.40. The highest BCUT2D eigenvalue weighted by Crippen LogP contribution is 2.35. The Kier molecular flexibility index (Phi) is 4.41. The van der Waals surface area contributed by atoms with Crippen molar-refractivity contribution in [2.45, 2.75) is 30.5 Å². The van der Waals surface area contributed by atoms with Crippen molar-refractivity contribution in [3.63, 3.8) is 0 Å². The van der Waals surface area contributed by atoms with E-state index in [-0.39, 0.29) is 6.61 Å². The van der Waals surface area contributed by atoms with Crippen LogP contribution in [-0.2, 0) is 13.2 Å². The standard InChI is InChI=1S/C17H19NOS/c19-12-14-5-3-4-13(10-14)11-18-16-8-9-20-17-7-2-1-6-15(16)17/h1-7,10,16,18-19H,8-9,11-12H2. The van der Waals surface area contributed by atoms with Crippen molar-refractivity contribution in [2.24, 2.45) is 0 Å². The van der Waals surface area contributed by atoms with E-state index in [0.717, 1.165) is 12.1 Å². The maximum absolute atomic E-state index is 9.19. The monoisotopic (exact) mass is 285 g/mol. The topological polar surface area (TPSA) is 32.3 Å². The minimum atomic E-state index is 0.108. The average molecular weight is 285 g/mol. The highest BCUT2D eigenvalue weighted by molar-refractivity contribution is 7.99. The average Bonchev–Trinajstić information content (AvgIpc) is 2.53. The van der Waals surface area contributed by atoms with Crippen molar-refractivity contribution in [2.75, 3.05) is 5.75 Å². The molecule has 0 saturated carbocycles. The predicted molar refractivity (Wildman–Crippen MR) is 83.7 cm³/mol. The number of rotatable bonds is 4. The van der Waals surface area contributed by atoms with Gasteiger partial charge in [0.15, 0.2) is 0 Å². The maximum atomic E-state index is 9.19. The number of hydrogen-bond acceptors (Lipinski definition) is 3. The van der Waals surface area contributed by atoms with E-state index >= 15 is 0 Å². The van der Waals surface area contributed by atoms with Gasteiger partial charge >= 0.3 is 0 Å². The van der Waals surface area contributed by atoms with Gasteiger partial charge < -0.3 is 10.4 Å². The van der Waals surface area contributed by atoms with Gasteiger partial charge in [-0.2, -0.15) is 0 Å². The minimum absolute atomic E-state index is 0.108. The number of hydrogen-bond donors (Lipinski definition) is 2. The van der Waals surface area contributed by atoms with Crippen molar-refractivity contribution >= 4 is 11.8 Å². The Morgan fingerprint density at radius 2 is 1.95 bits per heavy atom. The third-order valence-electron chi connectivity index (χ3n) is 3.69. The van der Waals surface area contributed by atoms with Crippen LogP contribution in [-0.4, -0.2) is 10.9 Å². The lowest BCUT2D eigenvalue weighted by molar-refractivity contribution is 0.281. The first-order chi connectivity index (χ1) is 9.86. The molecule has 104 valence electrons. The van der Waals surface area contributed by atoms with E-state index in [9.17, 15) is 5.11 Å². The molecule has 1 unspecified atom stereocenters.